The van der Waals surface area contributed by atoms with Crippen LogP contribution < -0.4 is 20.1 Å². The molecule has 0 radical (unpaired) electrons. The number of thioether (sulfide) groups is 1. The largest absolute Gasteiger partial charge is 0.494 e. The summed E-state index contributed by atoms with van der Waals surface area (Å²) in [6, 6.07) is 8.46. The molecule has 2 aromatic carbocycles. The van der Waals surface area contributed by atoms with Crippen LogP contribution in [-0.4, -0.2) is 63.1 Å². The third-order valence-corrected chi connectivity index (χ3v) is 7.67. The number of hydrogen-bond acceptors (Lipinski definition) is 9. The van der Waals surface area contributed by atoms with Gasteiger partial charge in [-0.1, -0.05) is 31.5 Å². The van der Waals surface area contributed by atoms with Crippen molar-refractivity contribution in [2.24, 2.45) is 5.92 Å². The highest BCUT2D eigenvalue weighted by atomic mass is 35.5. The van der Waals surface area contributed by atoms with E-state index in [2.05, 4.69) is 20.6 Å². The Balaban J connectivity index is 1.67. The number of rotatable bonds is 17. The minimum Gasteiger partial charge on any atom is -0.494 e. The molecule has 45 heavy (non-hydrogen) atoms. The molecule has 0 aliphatic heterocycles. The van der Waals surface area contributed by atoms with Crippen molar-refractivity contribution in [3.05, 3.63) is 76.8 Å². The number of aromatic nitrogens is 2. The number of carbonyl (C=O) groups excluding carboxylic acids is 3. The maximum absolute atomic E-state index is 14.1. The summed E-state index contributed by atoms with van der Waals surface area (Å²) in [6.45, 7) is 5.55. The standard InChI is InChI=1S/C31H34ClFN4O7S/c1-4-43-26-10-9-20(44-31-34-11-6-12-35-31)13-19(26)14-27(39)37-29(18(2)3)30(42)36-24(15-28(40)41)25(38)17-45-16-21-22(32)7-5-8-23(21)33/h5-13,18,24,29H,4,14-17H2,1-3H3,(H,36,42)(H,37,39)(H,40,41)/t24-,29-/m0/s1. The SMILES string of the molecule is CCOc1ccc(Oc2ncccn2)cc1CC(=O)N[C@H](C(=O)N[C@@H](CC(=O)O)C(=O)CSCc1c(F)cccc1Cl)C(C)C. The van der Waals surface area contributed by atoms with E-state index >= 15 is 0 Å². The summed E-state index contributed by atoms with van der Waals surface area (Å²) in [4.78, 5) is 58.9. The summed E-state index contributed by atoms with van der Waals surface area (Å²) < 4.78 is 25.4. The molecule has 0 unspecified atom stereocenters. The smallest absolute Gasteiger partial charge is 0.321 e. The fourth-order valence-corrected chi connectivity index (χ4v) is 5.45. The monoisotopic (exact) mass is 660 g/mol. The molecule has 3 N–H and O–H groups in total. The number of carboxylic acids is 1. The van der Waals surface area contributed by atoms with Gasteiger partial charge in [-0.05, 0) is 49.2 Å². The van der Waals surface area contributed by atoms with Crippen LogP contribution in [0.15, 0.2) is 54.9 Å². The molecule has 240 valence electrons. The van der Waals surface area contributed by atoms with Crippen LogP contribution in [0.2, 0.25) is 5.02 Å². The third-order valence-electron chi connectivity index (χ3n) is 6.34. The van der Waals surface area contributed by atoms with E-state index in [0.717, 1.165) is 11.8 Å². The molecule has 11 nitrogen and oxygen atoms in total. The van der Waals surface area contributed by atoms with Gasteiger partial charge in [-0.3, -0.25) is 19.2 Å². The molecule has 14 heteroatoms. The van der Waals surface area contributed by atoms with Crippen LogP contribution in [0.3, 0.4) is 0 Å². The van der Waals surface area contributed by atoms with E-state index in [1.165, 1.54) is 30.6 Å². The van der Waals surface area contributed by atoms with Crippen molar-refractivity contribution in [1.29, 1.82) is 0 Å². The minimum atomic E-state index is -1.37. The first-order valence-electron chi connectivity index (χ1n) is 14.0. The number of benzene rings is 2. The zero-order valence-corrected chi connectivity index (χ0v) is 26.5. The van der Waals surface area contributed by atoms with Gasteiger partial charge in [-0.25, -0.2) is 14.4 Å². The van der Waals surface area contributed by atoms with Crippen LogP contribution >= 0.6 is 23.4 Å². The van der Waals surface area contributed by atoms with Gasteiger partial charge in [-0.15, -0.1) is 11.8 Å². The van der Waals surface area contributed by atoms with Gasteiger partial charge in [0.15, 0.2) is 5.78 Å². The average molecular weight is 661 g/mol. The Morgan fingerprint density at radius 3 is 2.44 bits per heavy atom. The van der Waals surface area contributed by atoms with Gasteiger partial charge in [0.1, 0.15) is 23.4 Å². The zero-order chi connectivity index (χ0) is 32.9. The van der Waals surface area contributed by atoms with Gasteiger partial charge in [0.25, 0.3) is 0 Å². The topological polar surface area (TPSA) is 157 Å². The Bertz CT molecular complexity index is 1480. The third kappa shape index (κ3) is 11.0. The normalized spacial score (nSPS) is 12.2. The first-order chi connectivity index (χ1) is 21.5. The average Bonchev–Trinajstić information content (AvgIpc) is 2.98. The Morgan fingerprint density at radius 2 is 1.80 bits per heavy atom. The summed E-state index contributed by atoms with van der Waals surface area (Å²) in [5.74, 6) is -3.35. The van der Waals surface area contributed by atoms with Crippen LogP contribution in [0.1, 0.15) is 38.3 Å². The van der Waals surface area contributed by atoms with Gasteiger partial charge >= 0.3 is 12.0 Å². The first-order valence-corrected chi connectivity index (χ1v) is 15.6. The second kappa shape index (κ2) is 17.3. The Morgan fingerprint density at radius 1 is 1.07 bits per heavy atom. The van der Waals surface area contributed by atoms with Crippen molar-refractivity contribution in [2.45, 2.75) is 51.4 Å². The van der Waals surface area contributed by atoms with Gasteiger partial charge < -0.3 is 25.2 Å². The number of ether oxygens (including phenoxy) is 2. The number of halogens is 2. The molecular weight excluding hydrogens is 627 g/mol. The van der Waals surface area contributed by atoms with Crippen LogP contribution in [0.5, 0.6) is 17.5 Å². The Kier molecular flexibility index (Phi) is 13.6. The van der Waals surface area contributed by atoms with E-state index < -0.39 is 53.8 Å². The molecule has 0 aliphatic rings. The molecule has 0 aliphatic carbocycles. The van der Waals surface area contributed by atoms with E-state index in [1.807, 2.05) is 0 Å². The molecule has 0 saturated carbocycles. The highest BCUT2D eigenvalue weighted by Crippen LogP contribution is 2.27. The van der Waals surface area contributed by atoms with Crippen molar-refractivity contribution >= 4 is 46.9 Å². The Labute approximate surface area is 269 Å². The number of carboxylic acid groups (broad SMARTS) is 1. The minimum absolute atomic E-state index is 0.0734. The van der Waals surface area contributed by atoms with Crippen molar-refractivity contribution in [2.75, 3.05) is 12.4 Å². The summed E-state index contributed by atoms with van der Waals surface area (Å²) in [6.07, 6.45) is 2.21. The summed E-state index contributed by atoms with van der Waals surface area (Å²) in [5.41, 5.74) is 0.702. The molecule has 0 saturated heterocycles. The lowest BCUT2D eigenvalue weighted by Gasteiger charge is -2.25. The molecule has 2 atom stereocenters. The van der Waals surface area contributed by atoms with Crippen molar-refractivity contribution in [1.82, 2.24) is 20.6 Å². The summed E-state index contributed by atoms with van der Waals surface area (Å²) in [7, 11) is 0. The summed E-state index contributed by atoms with van der Waals surface area (Å²) >= 11 is 7.08. The predicted octanol–water partition coefficient (Wildman–Crippen LogP) is 4.61. The second-order valence-corrected chi connectivity index (χ2v) is 11.5. The fraction of sp³-hybridized carbons (Fsp3) is 0.355. The van der Waals surface area contributed by atoms with Crippen molar-refractivity contribution in [3.8, 4) is 17.5 Å². The molecule has 3 aromatic rings. The van der Waals surface area contributed by atoms with E-state index in [-0.39, 0.29) is 34.5 Å². The number of carbonyl (C=O) groups is 4. The maximum atomic E-state index is 14.1. The number of nitrogens with zero attached hydrogens (tertiary/aromatic N) is 2. The lowest BCUT2D eigenvalue weighted by Crippen LogP contribution is -2.54. The molecule has 2 amide bonds. The van der Waals surface area contributed by atoms with Crippen LogP contribution in [0, 0.1) is 11.7 Å². The van der Waals surface area contributed by atoms with E-state index in [0.29, 0.717) is 23.7 Å². The van der Waals surface area contributed by atoms with E-state index in [1.54, 1.807) is 45.0 Å². The Hall–Kier alpha value is -4.23. The zero-order valence-electron chi connectivity index (χ0n) is 24.9. The number of aliphatic carboxylic acids is 1. The highest BCUT2D eigenvalue weighted by Gasteiger charge is 2.30. The number of Topliss-reactive ketones (excluding diaryl/α,β-unsaturated/α-hetero) is 1. The van der Waals surface area contributed by atoms with Gasteiger partial charge in [-0.2, -0.15) is 0 Å². The molecule has 0 bridgehead atoms. The molecule has 1 heterocycles. The molecule has 0 fully saturated rings. The van der Waals surface area contributed by atoms with Crippen molar-refractivity contribution in [3.63, 3.8) is 0 Å². The van der Waals surface area contributed by atoms with E-state index in [4.69, 9.17) is 21.1 Å². The van der Waals surface area contributed by atoms with Crippen molar-refractivity contribution < 1.29 is 38.1 Å². The lowest BCUT2D eigenvalue weighted by molar-refractivity contribution is -0.140. The fourth-order valence-electron chi connectivity index (χ4n) is 4.14. The highest BCUT2D eigenvalue weighted by molar-refractivity contribution is 7.99. The molecular formula is C31H34ClFN4O7S. The van der Waals surface area contributed by atoms with Crippen LogP contribution in [-0.2, 0) is 31.4 Å². The first kappa shape index (κ1) is 35.3. The molecule has 0 spiro atoms. The number of ketones is 1. The predicted molar refractivity (Wildman–Crippen MR) is 167 cm³/mol. The number of amides is 2. The number of hydrogen-bond donors (Lipinski definition) is 3. The molecule has 3 rings (SSSR count). The van der Waals surface area contributed by atoms with Crippen LogP contribution in [0.25, 0.3) is 0 Å². The maximum Gasteiger partial charge on any atom is 0.321 e. The van der Waals surface area contributed by atoms with Gasteiger partial charge in [0, 0.05) is 34.3 Å². The number of nitrogens with one attached hydrogen (secondary N) is 2. The lowest BCUT2D eigenvalue weighted by atomic mass is 10.0. The second-order valence-electron chi connectivity index (χ2n) is 10.1. The quantitative estimate of drug-likeness (QED) is 0.187. The van der Waals surface area contributed by atoms with Gasteiger partial charge in [0.05, 0.1) is 31.2 Å². The molecule has 1 aromatic heterocycles. The van der Waals surface area contributed by atoms with Crippen LogP contribution in [0.4, 0.5) is 4.39 Å². The van der Waals surface area contributed by atoms with Gasteiger partial charge in [0.2, 0.25) is 11.8 Å². The van der Waals surface area contributed by atoms with E-state index in [9.17, 15) is 28.7 Å². The summed E-state index contributed by atoms with van der Waals surface area (Å²) in [5, 5.41) is 14.8.